The summed E-state index contributed by atoms with van der Waals surface area (Å²) in [4.78, 5) is 0. The summed E-state index contributed by atoms with van der Waals surface area (Å²) < 4.78 is -1.52. The molecule has 2 nitrogen and oxygen atoms in total. The predicted octanol–water partition coefficient (Wildman–Crippen LogP) is 4.34. The van der Waals surface area contributed by atoms with E-state index in [1.807, 2.05) is 18.2 Å². The average molecular weight is 302 g/mol. The van der Waals surface area contributed by atoms with Gasteiger partial charge in [0, 0.05) is 16.9 Å². The first kappa shape index (κ1) is 13.3. The normalized spacial score (nSPS) is 11.5. The quantitative estimate of drug-likeness (QED) is 0.608. The Bertz CT molecular complexity index is 559. The van der Waals surface area contributed by atoms with E-state index in [0.717, 1.165) is 11.1 Å². The first-order chi connectivity index (χ1) is 8.38. The Morgan fingerprint density at radius 1 is 0.778 bits per heavy atom. The van der Waals surface area contributed by atoms with E-state index in [0.29, 0.717) is 16.9 Å². The zero-order chi connectivity index (χ0) is 13.3. The van der Waals surface area contributed by atoms with Crippen LogP contribution in [0.3, 0.4) is 0 Å². The molecule has 0 heterocycles. The van der Waals surface area contributed by atoms with Gasteiger partial charge in [-0.3, -0.25) is 0 Å². The molecule has 2 aromatic rings. The van der Waals surface area contributed by atoms with Crippen LogP contribution in [0.1, 0.15) is 5.56 Å². The molecule has 0 aliphatic rings. The minimum atomic E-state index is -1.52. The van der Waals surface area contributed by atoms with Crippen LogP contribution in [0.2, 0.25) is 0 Å². The number of alkyl halides is 3. The van der Waals surface area contributed by atoms with E-state index in [9.17, 15) is 0 Å². The summed E-state index contributed by atoms with van der Waals surface area (Å²) in [5.74, 6) is 0. The minimum Gasteiger partial charge on any atom is -0.399 e. The number of hydrogen-bond donors (Lipinski definition) is 2. The molecule has 0 aliphatic carbocycles. The Labute approximate surface area is 120 Å². The largest absolute Gasteiger partial charge is 0.399 e. The van der Waals surface area contributed by atoms with Crippen LogP contribution in [0.15, 0.2) is 42.5 Å². The molecule has 94 valence electrons. The fraction of sp³-hybridized carbons (Fsp3) is 0.0769. The Hall–Kier alpha value is -1.09. The molecule has 2 aromatic carbocycles. The van der Waals surface area contributed by atoms with Crippen LogP contribution in [-0.4, -0.2) is 0 Å². The van der Waals surface area contributed by atoms with Gasteiger partial charge in [-0.25, -0.2) is 0 Å². The molecule has 2 rings (SSSR count). The van der Waals surface area contributed by atoms with E-state index < -0.39 is 3.79 Å². The van der Waals surface area contributed by atoms with E-state index in [1.165, 1.54) is 0 Å². The zero-order valence-corrected chi connectivity index (χ0v) is 11.6. The van der Waals surface area contributed by atoms with Gasteiger partial charge >= 0.3 is 0 Å². The number of hydrogen-bond acceptors (Lipinski definition) is 2. The van der Waals surface area contributed by atoms with Gasteiger partial charge in [0.05, 0.1) is 0 Å². The van der Waals surface area contributed by atoms with Gasteiger partial charge in [0.2, 0.25) is 3.79 Å². The number of rotatable bonds is 1. The molecule has 4 N–H and O–H groups in total. The molecular formula is C13H11Cl3N2. The third-order valence-electron chi connectivity index (χ3n) is 2.57. The van der Waals surface area contributed by atoms with Crippen LogP contribution in [0.5, 0.6) is 0 Å². The van der Waals surface area contributed by atoms with Crippen molar-refractivity contribution in [3.05, 3.63) is 48.0 Å². The van der Waals surface area contributed by atoms with Crippen LogP contribution in [0.4, 0.5) is 11.4 Å². The number of nitrogen functional groups attached to an aromatic ring is 2. The Balaban J connectivity index is 2.60. The summed E-state index contributed by atoms with van der Waals surface area (Å²) >= 11 is 17.9. The van der Waals surface area contributed by atoms with Crippen molar-refractivity contribution in [3.8, 4) is 11.1 Å². The minimum absolute atomic E-state index is 0.551. The third-order valence-corrected chi connectivity index (χ3v) is 3.18. The second kappa shape index (κ2) is 4.88. The van der Waals surface area contributed by atoms with Crippen LogP contribution in [0, 0.1) is 0 Å². The molecule has 0 bridgehead atoms. The Kier molecular flexibility index (Phi) is 3.62. The van der Waals surface area contributed by atoms with Crippen molar-refractivity contribution in [1.82, 2.24) is 0 Å². The lowest BCUT2D eigenvalue weighted by Gasteiger charge is -2.17. The van der Waals surface area contributed by atoms with Crippen molar-refractivity contribution in [2.45, 2.75) is 3.79 Å². The van der Waals surface area contributed by atoms with E-state index in [4.69, 9.17) is 46.3 Å². The van der Waals surface area contributed by atoms with Crippen molar-refractivity contribution in [3.63, 3.8) is 0 Å². The van der Waals surface area contributed by atoms with E-state index in [-0.39, 0.29) is 0 Å². The molecule has 0 amide bonds. The maximum absolute atomic E-state index is 5.97. The van der Waals surface area contributed by atoms with Crippen molar-refractivity contribution < 1.29 is 0 Å². The highest BCUT2D eigenvalue weighted by atomic mass is 35.6. The fourth-order valence-electron chi connectivity index (χ4n) is 1.71. The summed E-state index contributed by atoms with van der Waals surface area (Å²) in [6.45, 7) is 0. The van der Waals surface area contributed by atoms with E-state index >= 15 is 0 Å². The molecule has 0 fully saturated rings. The lowest BCUT2D eigenvalue weighted by Crippen LogP contribution is -2.04. The third kappa shape index (κ3) is 2.83. The summed E-state index contributed by atoms with van der Waals surface area (Å²) in [5.41, 5.74) is 14.9. The number of anilines is 2. The Morgan fingerprint density at radius 2 is 1.33 bits per heavy atom. The SMILES string of the molecule is Nc1ccc(-c2ccc(N)cc2C(Cl)(Cl)Cl)cc1. The van der Waals surface area contributed by atoms with Crippen molar-refractivity contribution in [2.75, 3.05) is 11.5 Å². The number of benzene rings is 2. The number of nitrogens with two attached hydrogens (primary N) is 2. The van der Waals surface area contributed by atoms with Crippen molar-refractivity contribution in [1.29, 1.82) is 0 Å². The van der Waals surface area contributed by atoms with Crippen LogP contribution >= 0.6 is 34.8 Å². The lowest BCUT2D eigenvalue weighted by molar-refractivity contribution is 1.25. The molecule has 0 unspecified atom stereocenters. The van der Waals surface area contributed by atoms with Crippen molar-refractivity contribution in [2.24, 2.45) is 0 Å². The van der Waals surface area contributed by atoms with E-state index in [1.54, 1.807) is 24.3 Å². The van der Waals surface area contributed by atoms with Crippen molar-refractivity contribution >= 4 is 46.2 Å². The highest BCUT2D eigenvalue weighted by Crippen LogP contribution is 2.44. The maximum atomic E-state index is 5.97. The summed E-state index contributed by atoms with van der Waals surface area (Å²) in [5, 5.41) is 0. The molecule has 0 aromatic heterocycles. The standard InChI is InChI=1S/C13H11Cl3N2/c14-13(15,16)12-7-10(18)5-6-11(12)8-1-3-9(17)4-2-8/h1-7H,17-18H2. The highest BCUT2D eigenvalue weighted by molar-refractivity contribution is 6.67. The summed E-state index contributed by atoms with van der Waals surface area (Å²) in [7, 11) is 0. The van der Waals surface area contributed by atoms with Crippen LogP contribution in [0.25, 0.3) is 11.1 Å². The first-order valence-electron chi connectivity index (χ1n) is 5.20. The first-order valence-corrected chi connectivity index (χ1v) is 6.34. The monoisotopic (exact) mass is 300 g/mol. The molecule has 0 atom stereocenters. The van der Waals surface area contributed by atoms with Gasteiger partial charge in [-0.05, 0) is 35.4 Å². The molecule has 0 aliphatic heterocycles. The fourth-order valence-corrected chi connectivity index (χ4v) is 2.18. The molecule has 5 heteroatoms. The van der Waals surface area contributed by atoms with Crippen LogP contribution < -0.4 is 11.5 Å². The predicted molar refractivity (Wildman–Crippen MR) is 79.9 cm³/mol. The van der Waals surface area contributed by atoms with Gasteiger partial charge in [-0.15, -0.1) is 0 Å². The summed E-state index contributed by atoms with van der Waals surface area (Å²) in [6.07, 6.45) is 0. The average Bonchev–Trinajstić information content (AvgIpc) is 2.29. The zero-order valence-electron chi connectivity index (χ0n) is 9.33. The molecule has 0 spiro atoms. The van der Waals surface area contributed by atoms with Gasteiger partial charge in [0.15, 0.2) is 0 Å². The Morgan fingerprint density at radius 3 is 1.89 bits per heavy atom. The van der Waals surface area contributed by atoms with Crippen LogP contribution in [-0.2, 0) is 3.79 Å². The van der Waals surface area contributed by atoms with Gasteiger partial charge in [0.25, 0.3) is 0 Å². The second-order valence-corrected chi connectivity index (χ2v) is 6.21. The molecule has 0 radical (unpaired) electrons. The van der Waals surface area contributed by atoms with Gasteiger partial charge in [-0.2, -0.15) is 0 Å². The topological polar surface area (TPSA) is 52.0 Å². The lowest BCUT2D eigenvalue weighted by atomic mass is 9.99. The molecule has 0 saturated carbocycles. The maximum Gasteiger partial charge on any atom is 0.216 e. The molecule has 0 saturated heterocycles. The highest BCUT2D eigenvalue weighted by Gasteiger charge is 2.26. The molecular weight excluding hydrogens is 291 g/mol. The number of halogens is 3. The van der Waals surface area contributed by atoms with E-state index in [2.05, 4.69) is 0 Å². The van der Waals surface area contributed by atoms with Gasteiger partial charge in [-0.1, -0.05) is 53.0 Å². The van der Waals surface area contributed by atoms with Gasteiger partial charge < -0.3 is 11.5 Å². The molecule has 18 heavy (non-hydrogen) atoms. The van der Waals surface area contributed by atoms with Gasteiger partial charge in [0.1, 0.15) is 0 Å². The second-order valence-electron chi connectivity index (χ2n) is 3.92. The summed E-state index contributed by atoms with van der Waals surface area (Å²) in [6, 6.07) is 12.6. The smallest absolute Gasteiger partial charge is 0.216 e.